The average molecular weight is 624 g/mol. The molecule has 1 N–H and O–H groups in total. The normalized spacial score (nSPS) is 9.89. The van der Waals surface area contributed by atoms with Crippen LogP contribution in [0, 0.1) is 23.7 Å². The molecule has 237 valence electrons. The molecule has 0 fully saturated rings. The highest BCUT2D eigenvalue weighted by molar-refractivity contribution is 7.97. The van der Waals surface area contributed by atoms with Crippen molar-refractivity contribution >= 4 is 26.0 Å². The molecule has 10 heteroatoms. The Labute approximate surface area is 269 Å². The SMILES string of the molecule is C=CCc1c(OC)cccc1C(=O)C#CCOCOC.C=CCc1c(OC)cccc1[C@@H](O)C#CCOCOC.CSC.[B]. The number of methoxy groups -OCH3 is 4. The van der Waals surface area contributed by atoms with E-state index < -0.39 is 6.10 Å². The summed E-state index contributed by atoms with van der Waals surface area (Å²) in [5.74, 6) is 11.8. The van der Waals surface area contributed by atoms with Gasteiger partial charge in [-0.05, 0) is 55.0 Å². The second-order valence-corrected chi connectivity index (χ2v) is 9.09. The maximum absolute atomic E-state index is 12.1. The topological polar surface area (TPSA) is 92.7 Å². The van der Waals surface area contributed by atoms with Crippen LogP contribution in [-0.2, 0) is 31.8 Å². The van der Waals surface area contributed by atoms with Crippen LogP contribution in [0.3, 0.4) is 0 Å². The molecule has 0 bridgehead atoms. The Kier molecular flexibility index (Phi) is 27.4. The lowest BCUT2D eigenvalue weighted by Gasteiger charge is -2.14. The number of ketones is 1. The van der Waals surface area contributed by atoms with Crippen molar-refractivity contribution in [1.82, 2.24) is 0 Å². The second kappa shape index (κ2) is 28.3. The predicted molar refractivity (Wildman–Crippen MR) is 179 cm³/mol. The van der Waals surface area contributed by atoms with Gasteiger partial charge in [0, 0.05) is 39.3 Å². The minimum Gasteiger partial charge on any atom is -0.496 e. The highest BCUT2D eigenvalue weighted by Crippen LogP contribution is 2.27. The van der Waals surface area contributed by atoms with Crippen LogP contribution >= 0.6 is 11.8 Å². The van der Waals surface area contributed by atoms with Gasteiger partial charge in [-0.25, -0.2) is 0 Å². The van der Waals surface area contributed by atoms with Crippen LogP contribution in [0.15, 0.2) is 61.7 Å². The average Bonchev–Trinajstić information content (AvgIpc) is 3.01. The number of thioether (sulfide) groups is 1. The molecule has 2 rings (SSSR count). The maximum Gasteiger partial charge on any atom is 0.236 e. The molecule has 3 radical (unpaired) electrons. The summed E-state index contributed by atoms with van der Waals surface area (Å²) < 4.78 is 30.0. The van der Waals surface area contributed by atoms with Crippen LogP contribution in [0.1, 0.15) is 33.2 Å². The number of aliphatic hydroxyl groups is 1. The van der Waals surface area contributed by atoms with Gasteiger partial charge in [0.15, 0.2) is 0 Å². The lowest BCUT2D eigenvalue weighted by atomic mass is 9.99. The van der Waals surface area contributed by atoms with Crippen molar-refractivity contribution in [3.05, 3.63) is 84.0 Å². The van der Waals surface area contributed by atoms with E-state index in [1.54, 1.807) is 57.4 Å². The highest BCUT2D eigenvalue weighted by Gasteiger charge is 2.14. The summed E-state index contributed by atoms with van der Waals surface area (Å²) in [6.07, 6.45) is 7.85. The number of aliphatic hydroxyl groups excluding tert-OH is 1. The minimum absolute atomic E-state index is 0. The first-order valence-corrected chi connectivity index (χ1v) is 14.8. The zero-order valence-electron chi connectivity index (χ0n) is 26.6. The first-order valence-electron chi connectivity index (χ1n) is 13.2. The van der Waals surface area contributed by atoms with E-state index in [1.165, 1.54) is 7.11 Å². The van der Waals surface area contributed by atoms with E-state index in [0.717, 1.165) is 22.4 Å². The molecule has 0 saturated heterocycles. The zero-order chi connectivity index (χ0) is 32.3. The van der Waals surface area contributed by atoms with Crippen molar-refractivity contribution in [3.63, 3.8) is 0 Å². The van der Waals surface area contributed by atoms with E-state index in [0.29, 0.717) is 24.2 Å². The van der Waals surface area contributed by atoms with Crippen LogP contribution in [-0.4, -0.2) is 87.1 Å². The largest absolute Gasteiger partial charge is 0.496 e. The number of carbonyl (C=O) groups is 1. The Balaban J connectivity index is 0. The summed E-state index contributed by atoms with van der Waals surface area (Å²) >= 11 is 1.75. The lowest BCUT2D eigenvalue weighted by molar-refractivity contribution is -0.0167. The van der Waals surface area contributed by atoms with Gasteiger partial charge >= 0.3 is 0 Å². The van der Waals surface area contributed by atoms with Crippen LogP contribution in [0.4, 0.5) is 0 Å². The summed E-state index contributed by atoms with van der Waals surface area (Å²) in [6.45, 7) is 8.12. The fraction of sp³-hybridized carbons (Fsp3) is 0.382. The summed E-state index contributed by atoms with van der Waals surface area (Å²) in [5, 5.41) is 10.2. The van der Waals surface area contributed by atoms with E-state index >= 15 is 0 Å². The summed E-state index contributed by atoms with van der Waals surface area (Å²) in [5.41, 5.74) is 2.94. The standard InChI is InChI=1S/C16H20O4.C16H18O4.C2H6S.B/c2*1-4-7-14-13(8-5-10-16(14)19-3)15(17)9-6-11-20-12-18-2;1-3-2;/h4-5,8,10,15,17H,1,7,11-12H2,2-3H3;4-5,8,10H,1,7,11-12H2,2-3H3;1-2H3;/t15-;;;/m0.../s1. The number of hydrogen-bond acceptors (Lipinski definition) is 9. The molecule has 0 aliphatic carbocycles. The molecule has 0 spiro atoms. The molecule has 1 atom stereocenters. The molecule has 8 nitrogen and oxygen atoms in total. The molecule has 0 aromatic heterocycles. The quantitative estimate of drug-likeness (QED) is 0.0600. The third kappa shape index (κ3) is 17.0. The summed E-state index contributed by atoms with van der Waals surface area (Å²) in [6, 6.07) is 10.8. The lowest BCUT2D eigenvalue weighted by Crippen LogP contribution is -2.04. The molecular formula is C34H44BO8S. The number of hydrogen-bond donors (Lipinski definition) is 1. The molecule has 0 amide bonds. The second-order valence-electron chi connectivity index (χ2n) is 8.27. The smallest absolute Gasteiger partial charge is 0.236 e. The van der Waals surface area contributed by atoms with E-state index in [4.69, 9.17) is 28.4 Å². The third-order valence-electron chi connectivity index (χ3n) is 5.17. The number of Topliss-reactive ketones (excluding diaryl/α,β-unsaturated/α-hetero) is 1. The number of rotatable bonds is 14. The number of ether oxygens (including phenoxy) is 6. The number of benzene rings is 2. The molecular weight excluding hydrogens is 579 g/mol. The Bertz CT molecular complexity index is 1230. The highest BCUT2D eigenvalue weighted by atomic mass is 32.2. The Hall–Kier alpha value is -3.48. The molecule has 0 aliphatic rings. The van der Waals surface area contributed by atoms with Crippen molar-refractivity contribution in [2.75, 3.05) is 67.8 Å². The van der Waals surface area contributed by atoms with Crippen LogP contribution in [0.5, 0.6) is 11.5 Å². The van der Waals surface area contributed by atoms with E-state index in [1.807, 2.05) is 36.8 Å². The molecule has 2 aromatic carbocycles. The van der Waals surface area contributed by atoms with Crippen LogP contribution in [0.2, 0.25) is 0 Å². The van der Waals surface area contributed by atoms with Gasteiger partial charge in [-0.15, -0.1) is 13.2 Å². The van der Waals surface area contributed by atoms with Gasteiger partial charge in [0.2, 0.25) is 5.78 Å². The summed E-state index contributed by atoms with van der Waals surface area (Å²) in [7, 11) is 6.24. The Morgan fingerprint density at radius 3 is 1.89 bits per heavy atom. The van der Waals surface area contributed by atoms with Gasteiger partial charge in [0.1, 0.15) is 44.4 Å². The fourth-order valence-corrected chi connectivity index (χ4v) is 3.47. The van der Waals surface area contributed by atoms with Gasteiger partial charge in [-0.3, -0.25) is 4.79 Å². The van der Waals surface area contributed by atoms with Crippen molar-refractivity contribution in [2.24, 2.45) is 0 Å². The fourth-order valence-electron chi connectivity index (χ4n) is 3.47. The number of allylic oxidation sites excluding steroid dienone is 2. The van der Waals surface area contributed by atoms with Crippen LogP contribution < -0.4 is 9.47 Å². The van der Waals surface area contributed by atoms with Crippen molar-refractivity contribution in [3.8, 4) is 35.2 Å². The molecule has 0 saturated carbocycles. The Morgan fingerprint density at radius 2 is 1.36 bits per heavy atom. The first kappa shape index (κ1) is 42.7. The van der Waals surface area contributed by atoms with Crippen molar-refractivity contribution < 1.29 is 38.3 Å². The van der Waals surface area contributed by atoms with Gasteiger partial charge < -0.3 is 33.5 Å². The first-order chi connectivity index (χ1) is 20.9. The van der Waals surface area contributed by atoms with Crippen LogP contribution in [0.25, 0.3) is 0 Å². The Morgan fingerprint density at radius 1 is 0.864 bits per heavy atom. The monoisotopic (exact) mass is 623 g/mol. The number of carbonyl (C=O) groups excluding carboxylic acids is 1. The molecule has 0 aliphatic heterocycles. The van der Waals surface area contributed by atoms with E-state index in [9.17, 15) is 9.90 Å². The van der Waals surface area contributed by atoms with Gasteiger partial charge in [0.25, 0.3) is 0 Å². The van der Waals surface area contributed by atoms with Gasteiger partial charge in [-0.2, -0.15) is 11.8 Å². The van der Waals surface area contributed by atoms with Crippen molar-refractivity contribution in [2.45, 2.75) is 18.9 Å². The van der Waals surface area contributed by atoms with E-state index in [2.05, 4.69) is 36.8 Å². The molecule has 2 aromatic rings. The molecule has 0 unspecified atom stereocenters. The summed E-state index contributed by atoms with van der Waals surface area (Å²) in [4.78, 5) is 12.1. The zero-order valence-corrected chi connectivity index (χ0v) is 27.5. The maximum atomic E-state index is 12.1. The predicted octanol–water partition coefficient (Wildman–Crippen LogP) is 4.91. The van der Waals surface area contributed by atoms with Gasteiger partial charge in [0.05, 0.1) is 14.2 Å². The minimum atomic E-state index is -0.883. The third-order valence-corrected chi connectivity index (χ3v) is 5.17. The van der Waals surface area contributed by atoms with Gasteiger partial charge in [-0.1, -0.05) is 48.1 Å². The van der Waals surface area contributed by atoms with Crippen molar-refractivity contribution in [1.29, 1.82) is 0 Å². The van der Waals surface area contributed by atoms with E-state index in [-0.39, 0.29) is 41.0 Å². The molecule has 0 heterocycles. The molecule has 44 heavy (non-hydrogen) atoms.